The molecule has 2 rings (SSSR count). The first kappa shape index (κ1) is 13.9. The van der Waals surface area contributed by atoms with E-state index < -0.39 is 0 Å². The largest absolute Gasteiger partial charge is 0.497 e. The summed E-state index contributed by atoms with van der Waals surface area (Å²) >= 11 is 0. The van der Waals surface area contributed by atoms with Crippen molar-refractivity contribution in [2.75, 3.05) is 12.8 Å². The van der Waals surface area contributed by atoms with Crippen LogP contribution in [-0.2, 0) is 0 Å². The lowest BCUT2D eigenvalue weighted by molar-refractivity contribution is 0.0940. The van der Waals surface area contributed by atoms with Gasteiger partial charge in [0.2, 0.25) is 0 Å². The minimum Gasteiger partial charge on any atom is -0.497 e. The van der Waals surface area contributed by atoms with E-state index in [1.165, 1.54) is 0 Å². The minimum atomic E-state index is -0.237. The molecule has 1 aromatic carbocycles. The van der Waals surface area contributed by atoms with Crippen LogP contribution in [0.1, 0.15) is 28.9 Å². The molecule has 0 spiro atoms. The third-order valence-electron chi connectivity index (χ3n) is 3.05. The van der Waals surface area contributed by atoms with Crippen molar-refractivity contribution in [2.45, 2.75) is 13.0 Å². The highest BCUT2D eigenvalue weighted by atomic mass is 16.5. The minimum absolute atomic E-state index is 0.131. The first-order valence-corrected chi connectivity index (χ1v) is 6.27. The van der Waals surface area contributed by atoms with Crippen molar-refractivity contribution in [1.82, 2.24) is 10.3 Å². The number of nitrogens with two attached hydrogens (primary N) is 1. The third kappa shape index (κ3) is 3.06. The number of methoxy groups -OCH3 is 1. The number of aromatic nitrogens is 1. The van der Waals surface area contributed by atoms with E-state index in [1.54, 1.807) is 25.4 Å². The summed E-state index contributed by atoms with van der Waals surface area (Å²) in [4.78, 5) is 16.0. The van der Waals surface area contributed by atoms with Gasteiger partial charge in [-0.1, -0.05) is 12.1 Å². The quantitative estimate of drug-likeness (QED) is 0.893. The number of nitrogens with one attached hydrogen (secondary N) is 1. The smallest absolute Gasteiger partial charge is 0.255 e. The first-order chi connectivity index (χ1) is 9.61. The van der Waals surface area contributed by atoms with Gasteiger partial charge in [0, 0.05) is 6.20 Å². The van der Waals surface area contributed by atoms with Crippen LogP contribution in [0.15, 0.2) is 42.6 Å². The maximum atomic E-state index is 12.1. The van der Waals surface area contributed by atoms with Crippen molar-refractivity contribution >= 4 is 11.7 Å². The van der Waals surface area contributed by atoms with Gasteiger partial charge in [0.1, 0.15) is 11.6 Å². The second-order valence-electron chi connectivity index (χ2n) is 4.40. The Morgan fingerprint density at radius 3 is 2.60 bits per heavy atom. The molecule has 0 aliphatic heterocycles. The number of hydrogen-bond donors (Lipinski definition) is 2. The predicted molar refractivity (Wildman–Crippen MR) is 77.5 cm³/mol. The highest BCUT2D eigenvalue weighted by Crippen LogP contribution is 2.18. The van der Waals surface area contributed by atoms with E-state index in [1.807, 2.05) is 31.2 Å². The van der Waals surface area contributed by atoms with Crippen LogP contribution >= 0.6 is 0 Å². The van der Waals surface area contributed by atoms with E-state index in [-0.39, 0.29) is 17.8 Å². The van der Waals surface area contributed by atoms with Crippen molar-refractivity contribution in [3.8, 4) is 5.75 Å². The number of pyridine rings is 1. The van der Waals surface area contributed by atoms with Crippen LogP contribution in [0.3, 0.4) is 0 Å². The molecule has 2 aromatic rings. The van der Waals surface area contributed by atoms with Crippen LogP contribution in [0.5, 0.6) is 5.75 Å². The Labute approximate surface area is 117 Å². The fourth-order valence-electron chi connectivity index (χ4n) is 1.86. The number of ether oxygens (including phenoxy) is 1. The zero-order chi connectivity index (χ0) is 14.5. The van der Waals surface area contributed by atoms with E-state index in [0.717, 1.165) is 11.3 Å². The van der Waals surface area contributed by atoms with Gasteiger partial charge in [-0.3, -0.25) is 4.79 Å². The van der Waals surface area contributed by atoms with Crippen LogP contribution in [0.4, 0.5) is 5.82 Å². The van der Waals surface area contributed by atoms with Crippen molar-refractivity contribution in [3.05, 3.63) is 53.7 Å². The number of carbonyl (C=O) groups excluding carboxylic acids is 1. The van der Waals surface area contributed by atoms with Gasteiger partial charge in [-0.05, 0) is 36.8 Å². The molecular formula is C15H17N3O2. The lowest BCUT2D eigenvalue weighted by Crippen LogP contribution is -2.27. The normalized spacial score (nSPS) is 11.7. The summed E-state index contributed by atoms with van der Waals surface area (Å²) < 4.78 is 5.10. The summed E-state index contributed by atoms with van der Waals surface area (Å²) in [5.74, 6) is 0.773. The number of anilines is 1. The molecule has 5 nitrogen and oxygen atoms in total. The molecule has 104 valence electrons. The van der Waals surface area contributed by atoms with Gasteiger partial charge < -0.3 is 15.8 Å². The molecule has 0 aliphatic carbocycles. The van der Waals surface area contributed by atoms with E-state index in [4.69, 9.17) is 10.5 Å². The van der Waals surface area contributed by atoms with Crippen LogP contribution in [0.2, 0.25) is 0 Å². The Hall–Kier alpha value is -2.56. The molecule has 0 fully saturated rings. The molecule has 0 saturated heterocycles. The molecule has 20 heavy (non-hydrogen) atoms. The van der Waals surface area contributed by atoms with E-state index in [9.17, 15) is 4.79 Å². The van der Waals surface area contributed by atoms with E-state index in [0.29, 0.717) is 5.56 Å². The summed E-state index contributed by atoms with van der Waals surface area (Å²) in [7, 11) is 1.62. The van der Waals surface area contributed by atoms with Crippen LogP contribution in [0, 0.1) is 0 Å². The predicted octanol–water partition coefficient (Wildman–Crippen LogP) is 2.16. The zero-order valence-corrected chi connectivity index (χ0v) is 11.5. The summed E-state index contributed by atoms with van der Waals surface area (Å²) in [5, 5.41) is 2.89. The summed E-state index contributed by atoms with van der Waals surface area (Å²) in [6.45, 7) is 1.91. The molecular weight excluding hydrogens is 254 g/mol. The average Bonchev–Trinajstić information content (AvgIpc) is 2.47. The third-order valence-corrected chi connectivity index (χ3v) is 3.05. The lowest BCUT2D eigenvalue weighted by atomic mass is 10.1. The Bertz CT molecular complexity index is 596. The number of carbonyl (C=O) groups is 1. The van der Waals surface area contributed by atoms with Crippen LogP contribution in [-0.4, -0.2) is 18.0 Å². The van der Waals surface area contributed by atoms with Crippen molar-refractivity contribution in [3.63, 3.8) is 0 Å². The Kier molecular flexibility index (Phi) is 4.20. The molecule has 5 heteroatoms. The fraction of sp³-hybridized carbons (Fsp3) is 0.200. The molecule has 3 N–H and O–H groups in total. The van der Waals surface area contributed by atoms with Gasteiger partial charge in [-0.15, -0.1) is 0 Å². The van der Waals surface area contributed by atoms with Gasteiger partial charge in [-0.25, -0.2) is 4.98 Å². The number of rotatable bonds is 4. The molecule has 0 radical (unpaired) electrons. The van der Waals surface area contributed by atoms with Gasteiger partial charge in [-0.2, -0.15) is 0 Å². The second kappa shape index (κ2) is 6.06. The maximum Gasteiger partial charge on any atom is 0.255 e. The number of nitrogen functional groups attached to an aromatic ring is 1. The summed E-state index contributed by atoms with van der Waals surface area (Å²) in [6, 6.07) is 10.7. The molecule has 0 saturated carbocycles. The molecule has 0 aliphatic rings. The molecule has 1 heterocycles. The monoisotopic (exact) mass is 271 g/mol. The van der Waals surface area contributed by atoms with E-state index >= 15 is 0 Å². The van der Waals surface area contributed by atoms with Gasteiger partial charge in [0.15, 0.2) is 0 Å². The molecule has 1 aromatic heterocycles. The highest BCUT2D eigenvalue weighted by Gasteiger charge is 2.14. The van der Waals surface area contributed by atoms with Crippen LogP contribution in [0.25, 0.3) is 0 Å². The number of nitrogens with zero attached hydrogens (tertiary/aromatic N) is 1. The second-order valence-corrected chi connectivity index (χ2v) is 4.40. The van der Waals surface area contributed by atoms with Crippen LogP contribution < -0.4 is 15.8 Å². The average molecular weight is 271 g/mol. The lowest BCUT2D eigenvalue weighted by Gasteiger charge is -2.15. The van der Waals surface area contributed by atoms with E-state index in [2.05, 4.69) is 10.3 Å². The van der Waals surface area contributed by atoms with Crippen molar-refractivity contribution in [2.24, 2.45) is 0 Å². The molecule has 1 amide bonds. The van der Waals surface area contributed by atoms with Gasteiger partial charge in [0.25, 0.3) is 5.91 Å². The Balaban J connectivity index is 2.09. The Morgan fingerprint density at radius 2 is 2.00 bits per heavy atom. The topological polar surface area (TPSA) is 77.2 Å². The SMILES string of the molecule is COc1ccc([C@H](C)NC(=O)c2cccnc2N)cc1. The fourth-order valence-corrected chi connectivity index (χ4v) is 1.86. The molecule has 0 unspecified atom stereocenters. The molecule has 1 atom stereocenters. The standard InChI is InChI=1S/C15H17N3O2/c1-10(11-5-7-12(20-2)8-6-11)18-15(19)13-4-3-9-17-14(13)16/h3-10H,1-2H3,(H2,16,17)(H,18,19)/t10-/m0/s1. The molecule has 0 bridgehead atoms. The van der Waals surface area contributed by atoms with Crippen molar-refractivity contribution < 1.29 is 9.53 Å². The number of amides is 1. The van der Waals surface area contributed by atoms with Gasteiger partial charge in [0.05, 0.1) is 18.7 Å². The Morgan fingerprint density at radius 1 is 1.30 bits per heavy atom. The number of benzene rings is 1. The maximum absolute atomic E-state index is 12.1. The summed E-state index contributed by atoms with van der Waals surface area (Å²) in [5.41, 5.74) is 7.06. The highest BCUT2D eigenvalue weighted by molar-refractivity contribution is 5.98. The van der Waals surface area contributed by atoms with Crippen molar-refractivity contribution in [1.29, 1.82) is 0 Å². The summed E-state index contributed by atoms with van der Waals surface area (Å²) in [6.07, 6.45) is 1.55. The number of hydrogen-bond acceptors (Lipinski definition) is 4. The van der Waals surface area contributed by atoms with Gasteiger partial charge >= 0.3 is 0 Å². The first-order valence-electron chi connectivity index (χ1n) is 6.27. The zero-order valence-electron chi connectivity index (χ0n) is 11.5.